The molecule has 1 N–H and O–H groups in total. The fourth-order valence-electron chi connectivity index (χ4n) is 2.85. The van der Waals surface area contributed by atoms with Crippen LogP contribution in [0.3, 0.4) is 0 Å². The average Bonchev–Trinajstić information content (AvgIpc) is 3.08. The first-order valence-electron chi connectivity index (χ1n) is 8.04. The fourth-order valence-corrected chi connectivity index (χ4v) is 4.23. The highest BCUT2D eigenvalue weighted by Crippen LogP contribution is 2.35. The number of halogens is 1. The lowest BCUT2D eigenvalue weighted by atomic mass is 10.1. The van der Waals surface area contributed by atoms with Crippen molar-refractivity contribution in [2.45, 2.75) is 13.3 Å². The van der Waals surface area contributed by atoms with Gasteiger partial charge in [0.05, 0.1) is 10.4 Å². The Kier molecular flexibility index (Phi) is 4.15. The Morgan fingerprint density at radius 2 is 1.96 bits per heavy atom. The molecule has 0 aliphatic rings. The second-order valence-corrected chi connectivity index (χ2v) is 7.19. The lowest BCUT2D eigenvalue weighted by molar-refractivity contribution is 0.103. The third kappa shape index (κ3) is 2.99. The van der Waals surface area contributed by atoms with E-state index in [0.29, 0.717) is 10.0 Å². The van der Waals surface area contributed by atoms with E-state index in [1.807, 2.05) is 54.6 Å². The van der Waals surface area contributed by atoms with Crippen LogP contribution in [0, 0.1) is 0 Å². The molecule has 25 heavy (non-hydrogen) atoms. The van der Waals surface area contributed by atoms with Crippen molar-refractivity contribution in [2.24, 2.45) is 0 Å². The molecule has 0 fully saturated rings. The van der Waals surface area contributed by atoms with E-state index in [-0.39, 0.29) is 5.91 Å². The van der Waals surface area contributed by atoms with E-state index in [9.17, 15) is 4.79 Å². The third-order valence-corrected chi connectivity index (χ3v) is 5.59. The van der Waals surface area contributed by atoms with Crippen LogP contribution in [0.1, 0.15) is 22.2 Å². The lowest BCUT2D eigenvalue weighted by Crippen LogP contribution is -2.10. The summed E-state index contributed by atoms with van der Waals surface area (Å²) in [5, 5.41) is 5.23. The van der Waals surface area contributed by atoms with Crippen LogP contribution in [-0.4, -0.2) is 10.9 Å². The van der Waals surface area contributed by atoms with Gasteiger partial charge < -0.3 is 5.32 Å². The van der Waals surface area contributed by atoms with Crippen molar-refractivity contribution in [2.75, 3.05) is 5.32 Å². The van der Waals surface area contributed by atoms with Crippen LogP contribution in [-0.2, 0) is 6.42 Å². The molecule has 0 spiro atoms. The molecule has 0 radical (unpaired) electrons. The van der Waals surface area contributed by atoms with Crippen molar-refractivity contribution in [1.82, 2.24) is 4.98 Å². The molecule has 0 bridgehead atoms. The standard InChI is InChI=1S/C20H15ClN2OS/c1-2-12-6-5-7-13(10-12)22-20(24)17-11-15-18(25-17)14-8-3-4-9-16(14)23-19(15)21/h3-11H,2H2,1H3,(H,22,24). The minimum atomic E-state index is -0.130. The topological polar surface area (TPSA) is 42.0 Å². The Labute approximate surface area is 154 Å². The summed E-state index contributed by atoms with van der Waals surface area (Å²) >= 11 is 7.76. The maximum Gasteiger partial charge on any atom is 0.265 e. The van der Waals surface area contributed by atoms with Crippen LogP contribution in [0.15, 0.2) is 54.6 Å². The molecule has 2 aromatic heterocycles. The summed E-state index contributed by atoms with van der Waals surface area (Å²) < 4.78 is 0.989. The van der Waals surface area contributed by atoms with Crippen molar-refractivity contribution < 1.29 is 4.79 Å². The van der Waals surface area contributed by atoms with Crippen molar-refractivity contribution in [3.8, 4) is 0 Å². The van der Waals surface area contributed by atoms with E-state index >= 15 is 0 Å². The zero-order chi connectivity index (χ0) is 17.4. The van der Waals surface area contributed by atoms with Crippen LogP contribution < -0.4 is 5.32 Å². The minimum absolute atomic E-state index is 0.130. The first-order chi connectivity index (χ1) is 12.2. The number of pyridine rings is 1. The van der Waals surface area contributed by atoms with Crippen LogP contribution >= 0.6 is 22.9 Å². The van der Waals surface area contributed by atoms with Crippen molar-refractivity contribution in [3.05, 3.63) is 70.2 Å². The second-order valence-electron chi connectivity index (χ2n) is 5.78. The van der Waals surface area contributed by atoms with Gasteiger partial charge in [0.1, 0.15) is 5.15 Å². The highest BCUT2D eigenvalue weighted by molar-refractivity contribution is 7.22. The summed E-state index contributed by atoms with van der Waals surface area (Å²) in [6.07, 6.45) is 0.930. The Hall–Kier alpha value is -2.43. The number of rotatable bonds is 3. The Balaban J connectivity index is 1.75. The van der Waals surface area contributed by atoms with Gasteiger partial charge in [-0.2, -0.15) is 0 Å². The van der Waals surface area contributed by atoms with Gasteiger partial charge >= 0.3 is 0 Å². The highest BCUT2D eigenvalue weighted by Gasteiger charge is 2.15. The Morgan fingerprint density at radius 1 is 1.12 bits per heavy atom. The molecule has 3 nitrogen and oxygen atoms in total. The molecule has 1 amide bonds. The number of aromatic nitrogens is 1. The van der Waals surface area contributed by atoms with Gasteiger partial charge in [0, 0.05) is 21.2 Å². The molecule has 4 aromatic rings. The summed E-state index contributed by atoms with van der Waals surface area (Å²) in [6, 6.07) is 17.5. The zero-order valence-electron chi connectivity index (χ0n) is 13.5. The lowest BCUT2D eigenvalue weighted by Gasteiger charge is -2.05. The third-order valence-electron chi connectivity index (χ3n) is 4.14. The van der Waals surface area contributed by atoms with E-state index < -0.39 is 0 Å². The maximum absolute atomic E-state index is 12.7. The van der Waals surface area contributed by atoms with E-state index in [1.165, 1.54) is 16.9 Å². The predicted octanol–water partition coefficient (Wildman–Crippen LogP) is 5.92. The molecule has 0 aliphatic carbocycles. The van der Waals surface area contributed by atoms with Gasteiger partial charge in [-0.1, -0.05) is 48.9 Å². The minimum Gasteiger partial charge on any atom is -0.321 e. The SMILES string of the molecule is CCc1cccc(NC(=O)c2cc3c(Cl)nc4ccccc4c3s2)c1. The monoisotopic (exact) mass is 366 g/mol. The first kappa shape index (κ1) is 16.1. The quantitative estimate of drug-likeness (QED) is 0.457. The molecule has 0 saturated heterocycles. The Bertz CT molecular complexity index is 1100. The molecule has 0 saturated carbocycles. The molecule has 0 aliphatic heterocycles. The van der Waals surface area contributed by atoms with Gasteiger partial charge in [-0.15, -0.1) is 11.3 Å². The summed E-state index contributed by atoms with van der Waals surface area (Å²) in [7, 11) is 0. The number of carbonyl (C=O) groups is 1. The Morgan fingerprint density at radius 3 is 2.80 bits per heavy atom. The van der Waals surface area contributed by atoms with E-state index in [1.54, 1.807) is 0 Å². The average molecular weight is 367 g/mol. The maximum atomic E-state index is 12.7. The van der Waals surface area contributed by atoms with Gasteiger partial charge in [-0.05, 0) is 36.2 Å². The molecule has 5 heteroatoms. The number of benzene rings is 2. The largest absolute Gasteiger partial charge is 0.321 e. The van der Waals surface area contributed by atoms with Gasteiger partial charge in [0.25, 0.3) is 5.91 Å². The van der Waals surface area contributed by atoms with Gasteiger partial charge in [0.15, 0.2) is 0 Å². The number of nitrogens with one attached hydrogen (secondary N) is 1. The van der Waals surface area contributed by atoms with Crippen LogP contribution in [0.2, 0.25) is 5.15 Å². The predicted molar refractivity (Wildman–Crippen MR) is 106 cm³/mol. The number of carbonyl (C=O) groups excluding carboxylic acids is 1. The normalized spacial score (nSPS) is 11.1. The summed E-state index contributed by atoms with van der Waals surface area (Å²) in [4.78, 5) is 17.7. The number of anilines is 1. The van der Waals surface area contributed by atoms with E-state index in [4.69, 9.17) is 11.6 Å². The molecule has 2 heterocycles. The summed E-state index contributed by atoms with van der Waals surface area (Å²) in [5.41, 5.74) is 2.83. The number of hydrogen-bond acceptors (Lipinski definition) is 3. The fraction of sp³-hybridized carbons (Fsp3) is 0.100. The molecular formula is C20H15ClN2OS. The van der Waals surface area contributed by atoms with E-state index in [2.05, 4.69) is 17.2 Å². The van der Waals surface area contributed by atoms with Crippen LogP contribution in [0.5, 0.6) is 0 Å². The molecule has 124 valence electrons. The molecular weight excluding hydrogens is 352 g/mol. The number of para-hydroxylation sites is 1. The van der Waals surface area contributed by atoms with Crippen molar-refractivity contribution in [1.29, 1.82) is 0 Å². The second kappa shape index (κ2) is 6.47. The number of fused-ring (bicyclic) bond motifs is 3. The first-order valence-corrected chi connectivity index (χ1v) is 9.23. The number of aryl methyl sites for hydroxylation is 1. The summed E-state index contributed by atoms with van der Waals surface area (Å²) in [5.74, 6) is -0.130. The van der Waals surface area contributed by atoms with Crippen molar-refractivity contribution >= 4 is 55.5 Å². The highest BCUT2D eigenvalue weighted by atomic mass is 35.5. The van der Waals surface area contributed by atoms with Gasteiger partial charge in [0.2, 0.25) is 0 Å². The zero-order valence-corrected chi connectivity index (χ0v) is 15.1. The van der Waals surface area contributed by atoms with Crippen LogP contribution in [0.4, 0.5) is 5.69 Å². The smallest absolute Gasteiger partial charge is 0.265 e. The molecule has 0 atom stereocenters. The van der Waals surface area contributed by atoms with Crippen molar-refractivity contribution in [3.63, 3.8) is 0 Å². The van der Waals surface area contributed by atoms with Gasteiger partial charge in [-0.3, -0.25) is 4.79 Å². The number of nitrogens with zero attached hydrogens (tertiary/aromatic N) is 1. The summed E-state index contributed by atoms with van der Waals surface area (Å²) in [6.45, 7) is 2.09. The van der Waals surface area contributed by atoms with E-state index in [0.717, 1.165) is 33.1 Å². The number of hydrogen-bond donors (Lipinski definition) is 1. The molecule has 0 unspecified atom stereocenters. The molecule has 4 rings (SSSR count). The number of thiophene rings is 1. The van der Waals surface area contributed by atoms with Gasteiger partial charge in [-0.25, -0.2) is 4.98 Å². The number of amides is 1. The molecule has 2 aromatic carbocycles. The van der Waals surface area contributed by atoms with Crippen LogP contribution in [0.25, 0.3) is 21.0 Å².